The maximum Gasteiger partial charge on any atom is 0.255 e. The summed E-state index contributed by atoms with van der Waals surface area (Å²) in [5, 5.41) is 7.10. The number of carbonyl (C=O) groups excluding carboxylic acids is 1. The van der Waals surface area contributed by atoms with Gasteiger partial charge in [-0.2, -0.15) is 5.10 Å². The van der Waals surface area contributed by atoms with Gasteiger partial charge in [-0.3, -0.25) is 9.48 Å². The first kappa shape index (κ1) is 16.1. The van der Waals surface area contributed by atoms with Gasteiger partial charge in [-0.15, -0.1) is 0 Å². The molecule has 0 aliphatic carbocycles. The smallest absolute Gasteiger partial charge is 0.255 e. The van der Waals surface area contributed by atoms with Crippen molar-refractivity contribution in [2.45, 2.75) is 6.54 Å². The summed E-state index contributed by atoms with van der Waals surface area (Å²) >= 11 is 5.98. The molecule has 24 heavy (non-hydrogen) atoms. The largest absolute Gasteiger partial charge is 0.319 e. The number of carbonyl (C=O) groups is 1. The third-order valence-electron chi connectivity index (χ3n) is 3.34. The van der Waals surface area contributed by atoms with E-state index in [9.17, 15) is 13.6 Å². The van der Waals surface area contributed by atoms with E-state index in [0.717, 1.165) is 0 Å². The average molecular weight is 348 g/mol. The topological polar surface area (TPSA) is 46.9 Å². The molecule has 0 aliphatic rings. The predicted octanol–water partition coefficient (Wildman–Crippen LogP) is 4.12. The lowest BCUT2D eigenvalue weighted by molar-refractivity contribution is 0.102. The summed E-state index contributed by atoms with van der Waals surface area (Å²) in [6.07, 6.45) is 3.11. The molecule has 2 aromatic carbocycles. The van der Waals surface area contributed by atoms with Crippen LogP contribution in [0.15, 0.2) is 54.9 Å². The van der Waals surface area contributed by atoms with E-state index in [0.29, 0.717) is 28.4 Å². The molecule has 0 unspecified atom stereocenters. The van der Waals surface area contributed by atoms with Gasteiger partial charge in [0.25, 0.3) is 5.91 Å². The van der Waals surface area contributed by atoms with Crippen LogP contribution >= 0.6 is 11.6 Å². The molecule has 4 nitrogen and oxygen atoms in total. The van der Waals surface area contributed by atoms with Crippen LogP contribution in [0.3, 0.4) is 0 Å². The molecule has 0 radical (unpaired) electrons. The quantitative estimate of drug-likeness (QED) is 0.772. The Bertz CT molecular complexity index is 878. The maximum atomic E-state index is 13.0. The van der Waals surface area contributed by atoms with Crippen molar-refractivity contribution in [1.82, 2.24) is 9.78 Å². The van der Waals surface area contributed by atoms with Crippen molar-refractivity contribution in [3.8, 4) is 0 Å². The van der Waals surface area contributed by atoms with E-state index in [1.165, 1.54) is 42.6 Å². The van der Waals surface area contributed by atoms with Crippen molar-refractivity contribution in [2.24, 2.45) is 0 Å². The van der Waals surface area contributed by atoms with Crippen molar-refractivity contribution in [1.29, 1.82) is 0 Å². The van der Waals surface area contributed by atoms with Crippen molar-refractivity contribution >= 4 is 23.2 Å². The fraction of sp³-hybridized carbons (Fsp3) is 0.0588. The molecule has 0 saturated carbocycles. The third kappa shape index (κ3) is 3.78. The monoisotopic (exact) mass is 347 g/mol. The van der Waals surface area contributed by atoms with Crippen molar-refractivity contribution < 1.29 is 13.6 Å². The van der Waals surface area contributed by atoms with E-state index in [-0.39, 0.29) is 5.91 Å². The van der Waals surface area contributed by atoms with Crippen LogP contribution in [-0.4, -0.2) is 15.7 Å². The van der Waals surface area contributed by atoms with Gasteiger partial charge in [-0.05, 0) is 42.0 Å². The highest BCUT2D eigenvalue weighted by molar-refractivity contribution is 6.31. The zero-order valence-corrected chi connectivity index (χ0v) is 13.1. The molecule has 0 aliphatic heterocycles. The molecule has 3 rings (SSSR count). The van der Waals surface area contributed by atoms with Crippen molar-refractivity contribution in [3.63, 3.8) is 0 Å². The molecule has 0 atom stereocenters. The van der Waals surface area contributed by atoms with Gasteiger partial charge in [0.1, 0.15) is 11.6 Å². The zero-order valence-electron chi connectivity index (χ0n) is 12.3. The summed E-state index contributed by atoms with van der Waals surface area (Å²) in [6.45, 7) is 0.339. The number of amides is 1. The van der Waals surface area contributed by atoms with E-state index in [2.05, 4.69) is 10.4 Å². The molecule has 3 aromatic rings. The Morgan fingerprint density at radius 1 is 1.12 bits per heavy atom. The Balaban J connectivity index is 1.69. The second kappa shape index (κ2) is 6.80. The highest BCUT2D eigenvalue weighted by Crippen LogP contribution is 2.19. The minimum atomic E-state index is -0.407. The first-order valence-electron chi connectivity index (χ1n) is 7.04. The molecule has 1 heterocycles. The van der Waals surface area contributed by atoms with Gasteiger partial charge in [0.05, 0.1) is 18.4 Å². The number of rotatable bonds is 4. The van der Waals surface area contributed by atoms with Gasteiger partial charge in [0, 0.05) is 16.8 Å². The standard InChI is InChI=1S/C17H12ClF2N3O/c18-16-7-14(20)6-3-12(16)9-23-10-15(8-21-23)22-17(24)11-1-4-13(19)5-2-11/h1-8,10H,9H2,(H,22,24). The molecule has 1 N–H and O–H groups in total. The van der Waals surface area contributed by atoms with Crippen LogP contribution in [0.25, 0.3) is 0 Å². The van der Waals surface area contributed by atoms with Gasteiger partial charge >= 0.3 is 0 Å². The summed E-state index contributed by atoms with van der Waals surface area (Å²) in [5.41, 5.74) is 1.53. The van der Waals surface area contributed by atoms with Crippen LogP contribution in [0.4, 0.5) is 14.5 Å². The first-order chi connectivity index (χ1) is 11.5. The molecular formula is C17H12ClF2N3O. The molecule has 7 heteroatoms. The van der Waals surface area contributed by atoms with Gasteiger partial charge in [0.15, 0.2) is 0 Å². The van der Waals surface area contributed by atoms with Gasteiger partial charge in [0.2, 0.25) is 0 Å². The van der Waals surface area contributed by atoms with E-state index >= 15 is 0 Å². The highest BCUT2D eigenvalue weighted by atomic mass is 35.5. The van der Waals surface area contributed by atoms with Crippen LogP contribution in [-0.2, 0) is 6.54 Å². The molecule has 0 bridgehead atoms. The molecule has 1 amide bonds. The van der Waals surface area contributed by atoms with E-state index in [1.807, 2.05) is 0 Å². The van der Waals surface area contributed by atoms with E-state index in [1.54, 1.807) is 16.9 Å². The highest BCUT2D eigenvalue weighted by Gasteiger charge is 2.09. The van der Waals surface area contributed by atoms with Crippen LogP contribution < -0.4 is 5.32 Å². The lowest BCUT2D eigenvalue weighted by atomic mass is 10.2. The van der Waals surface area contributed by atoms with Gasteiger partial charge in [-0.1, -0.05) is 17.7 Å². The number of benzene rings is 2. The Morgan fingerprint density at radius 3 is 2.54 bits per heavy atom. The summed E-state index contributed by atoms with van der Waals surface area (Å²) in [6, 6.07) is 9.36. The number of aromatic nitrogens is 2. The molecule has 0 fully saturated rings. The number of nitrogens with one attached hydrogen (secondary N) is 1. The van der Waals surface area contributed by atoms with Gasteiger partial charge in [-0.25, -0.2) is 8.78 Å². The fourth-order valence-electron chi connectivity index (χ4n) is 2.14. The van der Waals surface area contributed by atoms with Crippen molar-refractivity contribution in [3.05, 3.63) is 82.6 Å². The number of halogens is 3. The molecule has 0 spiro atoms. The van der Waals surface area contributed by atoms with Crippen LogP contribution in [0.2, 0.25) is 5.02 Å². The molecular weight excluding hydrogens is 336 g/mol. The summed E-state index contributed by atoms with van der Waals surface area (Å²) in [7, 11) is 0. The van der Waals surface area contributed by atoms with Crippen molar-refractivity contribution in [2.75, 3.05) is 5.32 Å². The predicted molar refractivity (Wildman–Crippen MR) is 87.1 cm³/mol. The summed E-state index contributed by atoms with van der Waals surface area (Å²) in [5.74, 6) is -1.18. The number of hydrogen-bond donors (Lipinski definition) is 1. The van der Waals surface area contributed by atoms with Crippen LogP contribution in [0.1, 0.15) is 15.9 Å². The number of nitrogens with zero attached hydrogens (tertiary/aromatic N) is 2. The second-order valence-corrected chi connectivity index (χ2v) is 5.53. The molecule has 122 valence electrons. The number of anilines is 1. The Labute approximate surface area is 141 Å². The molecule has 0 saturated heterocycles. The fourth-order valence-corrected chi connectivity index (χ4v) is 2.37. The Kier molecular flexibility index (Phi) is 4.57. The maximum absolute atomic E-state index is 13.0. The lowest BCUT2D eigenvalue weighted by Gasteiger charge is -2.05. The summed E-state index contributed by atoms with van der Waals surface area (Å²) < 4.78 is 27.5. The first-order valence-corrected chi connectivity index (χ1v) is 7.42. The van der Waals surface area contributed by atoms with Crippen LogP contribution in [0.5, 0.6) is 0 Å². The lowest BCUT2D eigenvalue weighted by Crippen LogP contribution is -2.11. The minimum Gasteiger partial charge on any atom is -0.319 e. The number of hydrogen-bond acceptors (Lipinski definition) is 2. The molecule has 1 aromatic heterocycles. The summed E-state index contributed by atoms with van der Waals surface area (Å²) in [4.78, 5) is 12.1. The third-order valence-corrected chi connectivity index (χ3v) is 3.70. The van der Waals surface area contributed by atoms with Gasteiger partial charge < -0.3 is 5.32 Å². The second-order valence-electron chi connectivity index (χ2n) is 5.12. The van der Waals surface area contributed by atoms with Crippen LogP contribution in [0, 0.1) is 11.6 Å². The zero-order chi connectivity index (χ0) is 17.1. The normalized spacial score (nSPS) is 10.6. The minimum absolute atomic E-state index is 0.308. The van der Waals surface area contributed by atoms with E-state index in [4.69, 9.17) is 11.6 Å². The Morgan fingerprint density at radius 2 is 1.83 bits per heavy atom. The van der Waals surface area contributed by atoms with E-state index < -0.39 is 11.6 Å². The Hall–Kier alpha value is -2.73. The average Bonchev–Trinajstić information content (AvgIpc) is 2.98. The SMILES string of the molecule is O=C(Nc1cnn(Cc2ccc(F)cc2Cl)c1)c1ccc(F)cc1.